The fraction of sp³-hybridized carbons (Fsp3) is 0.704. The number of benzene rings is 2. The lowest BCUT2D eigenvalue weighted by Crippen LogP contribution is -2.48. The minimum Gasteiger partial charge on any atom is -0.316 e. The molecule has 0 saturated carbocycles. The molecule has 312 valence electrons. The van der Waals surface area contributed by atoms with Gasteiger partial charge in [-0.1, -0.05) is 240 Å². The fourth-order valence-electron chi connectivity index (χ4n) is 8.50. The van der Waals surface area contributed by atoms with Gasteiger partial charge in [-0.15, -0.1) is 0 Å². The summed E-state index contributed by atoms with van der Waals surface area (Å²) in [4.78, 5) is 0. The maximum absolute atomic E-state index is 2.42. The van der Waals surface area contributed by atoms with Crippen LogP contribution in [-0.2, 0) is 13.1 Å². The molecule has 0 fully saturated rings. The first-order valence-electron chi connectivity index (χ1n) is 24.5. The van der Waals surface area contributed by atoms with Gasteiger partial charge in [-0.2, -0.15) is 0 Å². The van der Waals surface area contributed by atoms with Crippen LogP contribution in [0.5, 0.6) is 0 Å². The molecule has 2 rings (SSSR count). The average Bonchev–Trinajstić information content (AvgIpc) is 3.20. The lowest BCUT2D eigenvalue weighted by molar-refractivity contribution is -0.954. The van der Waals surface area contributed by atoms with Gasteiger partial charge in [0, 0.05) is 11.1 Å². The zero-order valence-corrected chi connectivity index (χ0v) is 37.0. The summed E-state index contributed by atoms with van der Waals surface area (Å²) in [6.45, 7) is 9.52. The van der Waals surface area contributed by atoms with Crippen LogP contribution in [0, 0.1) is 0 Å². The number of allylic oxidation sites excluding steroid dienone is 4. The van der Waals surface area contributed by atoms with Crippen molar-refractivity contribution in [1.82, 2.24) is 0 Å². The zero-order valence-electron chi connectivity index (χ0n) is 37.0. The lowest BCUT2D eigenvalue weighted by atomic mass is 10.0. The van der Waals surface area contributed by atoms with Crippen molar-refractivity contribution in [3.63, 3.8) is 0 Å². The summed E-state index contributed by atoms with van der Waals surface area (Å²) in [5.74, 6) is 0. The molecule has 0 saturated heterocycles. The van der Waals surface area contributed by atoms with Gasteiger partial charge in [-0.05, 0) is 64.2 Å². The minimum atomic E-state index is 1.17. The lowest BCUT2D eigenvalue weighted by Gasteiger charge is -2.39. The van der Waals surface area contributed by atoms with Crippen LogP contribution in [0.4, 0.5) is 0 Å². The monoisotopic (exact) mass is 755 g/mol. The molecular weight excluding hydrogens is 663 g/mol. The van der Waals surface area contributed by atoms with Crippen LogP contribution in [-0.4, -0.2) is 17.6 Å². The van der Waals surface area contributed by atoms with Gasteiger partial charge in [0.15, 0.2) is 0 Å². The van der Waals surface area contributed by atoms with E-state index in [-0.39, 0.29) is 0 Å². The first-order valence-corrected chi connectivity index (χ1v) is 24.5. The van der Waals surface area contributed by atoms with E-state index in [0.29, 0.717) is 0 Å². The maximum atomic E-state index is 2.42. The highest BCUT2D eigenvalue weighted by molar-refractivity contribution is 5.15. The highest BCUT2D eigenvalue weighted by Gasteiger charge is 2.27. The Kier molecular flexibility index (Phi) is 33.4. The van der Waals surface area contributed by atoms with Crippen LogP contribution in [0.25, 0.3) is 0 Å². The molecule has 0 amide bonds. The van der Waals surface area contributed by atoms with Gasteiger partial charge in [-0.3, -0.25) is 0 Å². The molecule has 2 aromatic rings. The van der Waals surface area contributed by atoms with E-state index in [4.69, 9.17) is 0 Å². The first kappa shape index (κ1) is 49.0. The van der Waals surface area contributed by atoms with Crippen LogP contribution in [0.15, 0.2) is 85.0 Å². The van der Waals surface area contributed by atoms with Crippen LogP contribution in [0.3, 0.4) is 0 Å². The molecule has 0 spiro atoms. The van der Waals surface area contributed by atoms with E-state index in [2.05, 4.69) is 98.8 Å². The topological polar surface area (TPSA) is 0 Å². The van der Waals surface area contributed by atoms with Crippen molar-refractivity contribution in [2.75, 3.05) is 13.1 Å². The minimum absolute atomic E-state index is 1.17. The van der Waals surface area contributed by atoms with Crippen LogP contribution >= 0.6 is 0 Å². The van der Waals surface area contributed by atoms with E-state index < -0.39 is 0 Å². The van der Waals surface area contributed by atoms with Gasteiger partial charge in [0.2, 0.25) is 0 Å². The van der Waals surface area contributed by atoms with Gasteiger partial charge < -0.3 is 4.48 Å². The van der Waals surface area contributed by atoms with Crippen molar-refractivity contribution in [2.45, 2.75) is 232 Å². The largest absolute Gasteiger partial charge is 0.316 e. The Balaban J connectivity index is 1.64. The summed E-state index contributed by atoms with van der Waals surface area (Å²) in [5.41, 5.74) is 3.02. The van der Waals surface area contributed by atoms with Gasteiger partial charge in [0.1, 0.15) is 13.1 Å². The van der Waals surface area contributed by atoms with E-state index in [1.165, 1.54) is 247 Å². The molecule has 0 radical (unpaired) electrons. The van der Waals surface area contributed by atoms with Crippen LogP contribution in [0.2, 0.25) is 0 Å². The fourth-order valence-corrected chi connectivity index (χ4v) is 8.50. The van der Waals surface area contributed by atoms with Gasteiger partial charge in [-0.25, -0.2) is 0 Å². The van der Waals surface area contributed by atoms with E-state index in [1.54, 1.807) is 0 Å². The summed E-state index contributed by atoms with van der Waals surface area (Å²) in [6, 6.07) is 22.8. The number of hydrogen-bond donors (Lipinski definition) is 0. The van der Waals surface area contributed by atoms with Crippen LogP contribution in [0.1, 0.15) is 230 Å². The Morgan fingerprint density at radius 2 is 0.564 bits per heavy atom. The Morgan fingerprint density at radius 1 is 0.309 bits per heavy atom. The van der Waals surface area contributed by atoms with Crippen molar-refractivity contribution in [2.24, 2.45) is 0 Å². The third-order valence-corrected chi connectivity index (χ3v) is 12.0. The SMILES string of the molecule is CCCC/C=C/CCCCCCCCCCCCCC[N+](CCCCCCCCCCCCCC/C=C/CCCC)(Cc1ccccc1)Cc1ccccc1. The van der Waals surface area contributed by atoms with E-state index >= 15 is 0 Å². The smallest absolute Gasteiger partial charge is 0.105 e. The van der Waals surface area contributed by atoms with Crippen molar-refractivity contribution in [1.29, 1.82) is 0 Å². The highest BCUT2D eigenvalue weighted by atomic mass is 15.3. The summed E-state index contributed by atoms with van der Waals surface area (Å²) in [5, 5.41) is 0. The summed E-state index contributed by atoms with van der Waals surface area (Å²) in [7, 11) is 0. The highest BCUT2D eigenvalue weighted by Crippen LogP contribution is 2.24. The third kappa shape index (κ3) is 29.7. The molecule has 0 heterocycles. The molecule has 0 aliphatic carbocycles. The number of unbranched alkanes of at least 4 members (excludes halogenated alkanes) is 28. The number of quaternary nitrogens is 1. The molecule has 0 aromatic heterocycles. The predicted octanol–water partition coefficient (Wildman–Crippen LogP) is 17.8. The summed E-state index contributed by atoms with van der Waals surface area (Å²) in [6.07, 6.45) is 54.2. The molecule has 0 aliphatic rings. The van der Waals surface area contributed by atoms with E-state index in [0.717, 1.165) is 0 Å². The summed E-state index contributed by atoms with van der Waals surface area (Å²) >= 11 is 0. The zero-order chi connectivity index (χ0) is 39.0. The second-order valence-electron chi connectivity index (χ2n) is 17.4. The van der Waals surface area contributed by atoms with E-state index in [9.17, 15) is 0 Å². The maximum Gasteiger partial charge on any atom is 0.105 e. The molecule has 2 aromatic carbocycles. The molecular formula is C54H92N+. The molecule has 0 atom stereocenters. The van der Waals surface area contributed by atoms with Crippen molar-refractivity contribution in [3.05, 3.63) is 96.1 Å². The molecule has 0 bridgehead atoms. The van der Waals surface area contributed by atoms with Gasteiger partial charge in [0.05, 0.1) is 13.1 Å². The molecule has 0 N–H and O–H groups in total. The van der Waals surface area contributed by atoms with Crippen molar-refractivity contribution >= 4 is 0 Å². The first-order chi connectivity index (χ1) is 27.3. The van der Waals surface area contributed by atoms with E-state index in [1.807, 2.05) is 0 Å². The quantitative estimate of drug-likeness (QED) is 0.0361. The third-order valence-electron chi connectivity index (χ3n) is 12.0. The van der Waals surface area contributed by atoms with Crippen molar-refractivity contribution < 1.29 is 4.48 Å². The Labute approximate surface area is 344 Å². The predicted molar refractivity (Wildman–Crippen MR) is 248 cm³/mol. The Hall–Kier alpha value is -2.12. The second-order valence-corrected chi connectivity index (χ2v) is 17.4. The standard InChI is InChI=1S/C54H92N/c1-3-5-7-9-11-13-15-17-19-21-23-25-27-29-31-33-35-43-49-55(51-53-45-39-37-40-46-53,52-54-47-41-38-42-48-54)50-44-36-34-32-30-28-26-24-22-20-18-16-14-12-10-8-6-4-2/h9-12,37-42,45-48H,3-8,13-36,43-44,49-52H2,1-2H3/q+1/b11-9+,12-10+. The molecule has 1 nitrogen and oxygen atoms in total. The van der Waals surface area contributed by atoms with Gasteiger partial charge in [0.25, 0.3) is 0 Å². The summed E-state index contributed by atoms with van der Waals surface area (Å²) < 4.78 is 1.22. The Bertz CT molecular complexity index is 1010. The Morgan fingerprint density at radius 3 is 0.855 bits per heavy atom. The normalized spacial score (nSPS) is 12.1. The molecule has 55 heavy (non-hydrogen) atoms. The number of nitrogens with zero attached hydrogens (tertiary/aromatic N) is 1. The van der Waals surface area contributed by atoms with Gasteiger partial charge >= 0.3 is 0 Å². The molecule has 0 aliphatic heterocycles. The number of hydrogen-bond acceptors (Lipinski definition) is 0. The van der Waals surface area contributed by atoms with Crippen LogP contribution < -0.4 is 0 Å². The second kappa shape index (κ2) is 37.5. The van der Waals surface area contributed by atoms with Crippen molar-refractivity contribution in [3.8, 4) is 0 Å². The molecule has 0 unspecified atom stereocenters. The molecule has 1 heteroatoms. The average molecular weight is 755 g/mol. The number of rotatable bonds is 40.